The van der Waals surface area contributed by atoms with Gasteiger partial charge >= 0.3 is 6.09 Å². The van der Waals surface area contributed by atoms with Crippen molar-refractivity contribution in [3.8, 4) is 0 Å². The van der Waals surface area contributed by atoms with Crippen LogP contribution >= 0.6 is 22.6 Å². The fraction of sp³-hybridized carbons (Fsp3) is 0.500. The zero-order valence-corrected chi connectivity index (χ0v) is 13.4. The minimum absolute atomic E-state index is 0.255. The third-order valence-corrected chi connectivity index (χ3v) is 4.09. The van der Waals surface area contributed by atoms with Crippen molar-refractivity contribution in [1.82, 2.24) is 4.90 Å². The van der Waals surface area contributed by atoms with Crippen LogP contribution in [0.25, 0.3) is 0 Å². The topological polar surface area (TPSA) is 60.8 Å². The molecule has 0 aliphatic carbocycles. The van der Waals surface area contributed by atoms with Crippen LogP contribution in [0, 0.1) is 3.57 Å². The van der Waals surface area contributed by atoms with Crippen LogP contribution in [0.5, 0.6) is 0 Å². The Balaban J connectivity index is 2.80. The van der Waals surface area contributed by atoms with Gasteiger partial charge in [0, 0.05) is 9.61 Å². The summed E-state index contributed by atoms with van der Waals surface area (Å²) in [6.07, 6.45) is -0.187. The minimum Gasteiger partial charge on any atom is -0.465 e. The lowest BCUT2D eigenvalue weighted by molar-refractivity contribution is -0.0132. The van der Waals surface area contributed by atoms with Crippen LogP contribution in [0.4, 0.5) is 4.79 Å². The van der Waals surface area contributed by atoms with Crippen LogP contribution < -0.4 is 0 Å². The lowest BCUT2D eigenvalue weighted by Crippen LogP contribution is -2.46. The largest absolute Gasteiger partial charge is 0.465 e. The lowest BCUT2D eigenvalue weighted by atomic mass is 10.1. The standard InChI is InChI=1S/C14H20INO3/c1-3-6-13(17)16(14(18)19)10(2)9-11-7-4-5-8-12(11)15/h4-5,7-8,10,13,17H,3,6,9H2,1-2H3,(H,18,19)/t10-,13-/m0/s1. The van der Waals surface area contributed by atoms with E-state index in [-0.39, 0.29) is 6.04 Å². The SMILES string of the molecule is CCC[C@H](O)N(C(=O)O)[C@@H](C)Cc1ccccc1I. The Morgan fingerprint density at radius 3 is 2.58 bits per heavy atom. The van der Waals surface area contributed by atoms with E-state index in [1.807, 2.05) is 38.1 Å². The average Bonchev–Trinajstić information content (AvgIpc) is 2.32. The van der Waals surface area contributed by atoms with Gasteiger partial charge in [0.15, 0.2) is 0 Å². The Labute approximate surface area is 127 Å². The molecule has 1 rings (SSSR count). The van der Waals surface area contributed by atoms with E-state index in [2.05, 4.69) is 22.6 Å². The molecule has 0 heterocycles. The third kappa shape index (κ3) is 4.65. The van der Waals surface area contributed by atoms with Gasteiger partial charge in [-0.15, -0.1) is 0 Å². The summed E-state index contributed by atoms with van der Waals surface area (Å²) in [6, 6.07) is 7.63. The highest BCUT2D eigenvalue weighted by Crippen LogP contribution is 2.18. The molecule has 0 spiro atoms. The van der Waals surface area contributed by atoms with Gasteiger partial charge in [0.1, 0.15) is 6.23 Å². The van der Waals surface area contributed by atoms with E-state index in [1.165, 1.54) is 0 Å². The number of carboxylic acid groups (broad SMARTS) is 1. The Kier molecular flexibility index (Phi) is 6.57. The molecule has 106 valence electrons. The van der Waals surface area contributed by atoms with E-state index in [9.17, 15) is 15.0 Å². The average molecular weight is 377 g/mol. The molecule has 0 aliphatic rings. The van der Waals surface area contributed by atoms with Crippen molar-refractivity contribution < 1.29 is 15.0 Å². The van der Waals surface area contributed by atoms with E-state index in [4.69, 9.17) is 0 Å². The molecule has 0 aromatic heterocycles. The maximum Gasteiger partial charge on any atom is 0.409 e. The predicted molar refractivity (Wildman–Crippen MR) is 83.1 cm³/mol. The Bertz CT molecular complexity index is 425. The monoisotopic (exact) mass is 377 g/mol. The minimum atomic E-state index is -1.07. The summed E-state index contributed by atoms with van der Waals surface area (Å²) in [4.78, 5) is 12.4. The first kappa shape index (κ1) is 16.2. The van der Waals surface area contributed by atoms with Crippen molar-refractivity contribution in [3.63, 3.8) is 0 Å². The summed E-state index contributed by atoms with van der Waals surface area (Å²) in [7, 11) is 0. The van der Waals surface area contributed by atoms with Gasteiger partial charge in [0.25, 0.3) is 0 Å². The maximum atomic E-state index is 11.3. The molecular weight excluding hydrogens is 357 g/mol. The number of hydrogen-bond acceptors (Lipinski definition) is 2. The van der Waals surface area contributed by atoms with Crippen molar-refractivity contribution in [2.45, 2.75) is 45.4 Å². The molecule has 0 unspecified atom stereocenters. The molecule has 1 aromatic carbocycles. The zero-order valence-electron chi connectivity index (χ0n) is 11.2. The first-order valence-corrected chi connectivity index (χ1v) is 7.48. The van der Waals surface area contributed by atoms with Gasteiger partial charge in [-0.2, -0.15) is 0 Å². The number of aliphatic hydroxyl groups excluding tert-OH is 1. The Morgan fingerprint density at radius 1 is 1.42 bits per heavy atom. The van der Waals surface area contributed by atoms with Crippen molar-refractivity contribution in [2.24, 2.45) is 0 Å². The van der Waals surface area contributed by atoms with E-state index in [0.29, 0.717) is 12.8 Å². The Morgan fingerprint density at radius 2 is 2.05 bits per heavy atom. The molecule has 0 aliphatic heterocycles. The molecule has 19 heavy (non-hydrogen) atoms. The van der Waals surface area contributed by atoms with Crippen molar-refractivity contribution in [2.75, 3.05) is 0 Å². The number of benzene rings is 1. The number of carbonyl (C=O) groups is 1. The molecule has 0 radical (unpaired) electrons. The highest BCUT2D eigenvalue weighted by Gasteiger charge is 2.26. The van der Waals surface area contributed by atoms with Gasteiger partial charge in [-0.1, -0.05) is 31.5 Å². The summed E-state index contributed by atoms with van der Waals surface area (Å²) in [5, 5.41) is 19.2. The molecule has 0 saturated carbocycles. The Hall–Kier alpha value is -0.820. The number of hydrogen-bond donors (Lipinski definition) is 2. The number of nitrogens with zero attached hydrogens (tertiary/aromatic N) is 1. The van der Waals surface area contributed by atoms with Crippen molar-refractivity contribution in [3.05, 3.63) is 33.4 Å². The van der Waals surface area contributed by atoms with Crippen molar-refractivity contribution >= 4 is 28.7 Å². The van der Waals surface area contributed by atoms with Crippen LogP contribution in [-0.4, -0.2) is 33.5 Å². The molecule has 0 bridgehead atoms. The molecule has 1 amide bonds. The second kappa shape index (κ2) is 7.69. The predicted octanol–water partition coefficient (Wildman–Crippen LogP) is 3.32. The van der Waals surface area contributed by atoms with E-state index in [1.54, 1.807) is 0 Å². The second-order valence-corrected chi connectivity index (χ2v) is 5.77. The lowest BCUT2D eigenvalue weighted by Gasteiger charge is -2.31. The van der Waals surface area contributed by atoms with Gasteiger partial charge in [-0.05, 0) is 54.0 Å². The van der Waals surface area contributed by atoms with Crippen LogP contribution in [0.15, 0.2) is 24.3 Å². The number of halogens is 1. The molecule has 2 N–H and O–H groups in total. The third-order valence-electron chi connectivity index (χ3n) is 3.04. The van der Waals surface area contributed by atoms with E-state index < -0.39 is 12.3 Å². The summed E-state index contributed by atoms with van der Waals surface area (Å²) >= 11 is 2.24. The van der Waals surface area contributed by atoms with Gasteiger partial charge in [-0.25, -0.2) is 4.79 Å². The second-order valence-electron chi connectivity index (χ2n) is 4.60. The van der Waals surface area contributed by atoms with Gasteiger partial charge in [0.05, 0.1) is 0 Å². The zero-order chi connectivity index (χ0) is 14.4. The summed E-state index contributed by atoms with van der Waals surface area (Å²) < 4.78 is 1.11. The molecule has 4 nitrogen and oxygen atoms in total. The smallest absolute Gasteiger partial charge is 0.409 e. The summed E-state index contributed by atoms with van der Waals surface area (Å²) in [5.41, 5.74) is 1.10. The van der Waals surface area contributed by atoms with E-state index in [0.717, 1.165) is 20.5 Å². The first-order chi connectivity index (χ1) is 8.97. The number of rotatable bonds is 6. The van der Waals surface area contributed by atoms with E-state index >= 15 is 0 Å². The normalized spacial score (nSPS) is 13.9. The van der Waals surface area contributed by atoms with Gasteiger partial charge in [-0.3, -0.25) is 4.90 Å². The van der Waals surface area contributed by atoms with Crippen LogP contribution in [0.3, 0.4) is 0 Å². The number of aliphatic hydroxyl groups is 1. The molecule has 2 atom stereocenters. The van der Waals surface area contributed by atoms with Crippen LogP contribution in [-0.2, 0) is 6.42 Å². The highest BCUT2D eigenvalue weighted by atomic mass is 127. The van der Waals surface area contributed by atoms with Crippen LogP contribution in [0.1, 0.15) is 32.3 Å². The number of amides is 1. The molecule has 1 aromatic rings. The quantitative estimate of drug-likeness (QED) is 0.591. The molecular formula is C14H20INO3. The molecule has 0 saturated heterocycles. The molecule has 0 fully saturated rings. The van der Waals surface area contributed by atoms with Gasteiger partial charge in [0.2, 0.25) is 0 Å². The summed E-state index contributed by atoms with van der Waals surface area (Å²) in [5.74, 6) is 0. The first-order valence-electron chi connectivity index (χ1n) is 6.40. The fourth-order valence-corrected chi connectivity index (χ4v) is 2.70. The van der Waals surface area contributed by atoms with Gasteiger partial charge < -0.3 is 10.2 Å². The van der Waals surface area contributed by atoms with Crippen LogP contribution in [0.2, 0.25) is 0 Å². The van der Waals surface area contributed by atoms with Crippen molar-refractivity contribution in [1.29, 1.82) is 0 Å². The summed E-state index contributed by atoms with van der Waals surface area (Å²) in [6.45, 7) is 3.75. The fourth-order valence-electron chi connectivity index (χ4n) is 2.09. The maximum absolute atomic E-state index is 11.3. The highest BCUT2D eigenvalue weighted by molar-refractivity contribution is 14.1. The molecule has 5 heteroatoms.